The second-order valence-corrected chi connectivity index (χ2v) is 12.3. The lowest BCUT2D eigenvalue weighted by Crippen LogP contribution is -1.99. The van der Waals surface area contributed by atoms with Gasteiger partial charge in [-0.25, -0.2) is 18.7 Å². The van der Waals surface area contributed by atoms with Gasteiger partial charge < -0.3 is 5.73 Å². The number of nitrogen functional groups attached to an aromatic ring is 1. The van der Waals surface area contributed by atoms with Gasteiger partial charge in [0.25, 0.3) is 0 Å². The summed E-state index contributed by atoms with van der Waals surface area (Å²) in [5, 5.41) is 3.41. The number of hydrogen-bond acceptors (Lipinski definition) is 5. The highest BCUT2D eigenvalue weighted by Crippen LogP contribution is 2.39. The number of nitrogens with zero attached hydrogens (tertiary/aromatic N) is 2. The molecule has 3 aromatic rings. The maximum absolute atomic E-state index is 13.7. The average Bonchev–Trinajstić information content (AvgIpc) is 3.54. The molecule has 0 aliphatic heterocycles. The third-order valence-electron chi connectivity index (χ3n) is 6.05. The van der Waals surface area contributed by atoms with Gasteiger partial charge in [-0.15, -0.1) is 23.5 Å². The molecule has 2 saturated carbocycles. The molecule has 0 bridgehead atoms. The Balaban J connectivity index is 0.000000180. The molecule has 2 aliphatic carbocycles. The van der Waals surface area contributed by atoms with E-state index in [-0.39, 0.29) is 0 Å². The number of hydrogen-bond donors (Lipinski definition) is 1. The van der Waals surface area contributed by atoms with Crippen LogP contribution < -0.4 is 5.73 Å². The summed E-state index contributed by atoms with van der Waals surface area (Å²) >= 11 is 6.02. The van der Waals surface area contributed by atoms with Crippen LogP contribution in [-0.4, -0.2) is 20.5 Å². The van der Waals surface area contributed by atoms with Crippen LogP contribution in [-0.2, 0) is 0 Å². The molecular formula is C26H28F2IN3S2. The number of rotatable bonds is 5. The number of thioether (sulfide) groups is 2. The summed E-state index contributed by atoms with van der Waals surface area (Å²) in [5.74, 6) is -1.46. The van der Waals surface area contributed by atoms with Crippen LogP contribution >= 0.6 is 46.1 Å². The lowest BCUT2D eigenvalue weighted by Gasteiger charge is -2.13. The number of pyridine rings is 2. The molecule has 3 nitrogen and oxygen atoms in total. The van der Waals surface area contributed by atoms with Crippen molar-refractivity contribution in [2.75, 3.05) is 5.73 Å². The smallest absolute Gasteiger partial charge is 0.149 e. The van der Waals surface area contributed by atoms with Crippen molar-refractivity contribution in [3.8, 4) is 11.1 Å². The summed E-state index contributed by atoms with van der Waals surface area (Å²) in [4.78, 5) is 8.78. The van der Waals surface area contributed by atoms with Crippen molar-refractivity contribution in [1.29, 1.82) is 0 Å². The van der Waals surface area contributed by atoms with E-state index in [0.29, 0.717) is 10.8 Å². The zero-order valence-electron chi connectivity index (χ0n) is 18.9. The minimum Gasteiger partial charge on any atom is -0.394 e. The molecule has 0 radical (unpaired) electrons. The number of aromatic nitrogens is 2. The minimum absolute atomic E-state index is 0.437. The van der Waals surface area contributed by atoms with Crippen LogP contribution in [0.25, 0.3) is 11.1 Å². The van der Waals surface area contributed by atoms with E-state index >= 15 is 0 Å². The summed E-state index contributed by atoms with van der Waals surface area (Å²) in [6.45, 7) is 0. The van der Waals surface area contributed by atoms with Gasteiger partial charge in [-0.3, -0.25) is 0 Å². The van der Waals surface area contributed by atoms with E-state index < -0.39 is 17.3 Å². The Morgan fingerprint density at radius 2 is 1.29 bits per heavy atom. The van der Waals surface area contributed by atoms with Gasteiger partial charge in [0.05, 0.1) is 0 Å². The summed E-state index contributed by atoms with van der Waals surface area (Å²) in [5.41, 5.74) is 6.13. The molecule has 2 fully saturated rings. The van der Waals surface area contributed by atoms with E-state index in [1.165, 1.54) is 72.1 Å². The molecule has 180 valence electrons. The van der Waals surface area contributed by atoms with Crippen molar-refractivity contribution in [3.63, 3.8) is 0 Å². The number of anilines is 1. The van der Waals surface area contributed by atoms with Crippen LogP contribution in [0.5, 0.6) is 0 Å². The molecule has 2 aromatic heterocycles. The lowest BCUT2D eigenvalue weighted by atomic mass is 10.1. The predicted octanol–water partition coefficient (Wildman–Crippen LogP) is 8.36. The molecule has 1 aromatic carbocycles. The lowest BCUT2D eigenvalue weighted by molar-refractivity contribution is 0.592. The molecule has 2 N–H and O–H groups in total. The van der Waals surface area contributed by atoms with Crippen LogP contribution in [0.4, 0.5) is 14.5 Å². The van der Waals surface area contributed by atoms with Crippen LogP contribution in [0.3, 0.4) is 0 Å². The topological polar surface area (TPSA) is 51.8 Å². The second kappa shape index (κ2) is 12.5. The first kappa shape index (κ1) is 25.7. The average molecular weight is 612 g/mol. The van der Waals surface area contributed by atoms with Gasteiger partial charge in [0, 0.05) is 32.0 Å². The molecule has 0 spiro atoms. The standard InChI is InChI=1S/C16H16F2N2S.C10H12INS/c17-13-8-10(9-14(18)15(13)19)12-6-3-7-20-16(12)21-11-4-1-2-5-11;11-9-6-3-7-12-10(9)13-8-4-1-2-5-8/h3,6-9,11H,1-2,4-5,19H2;3,6-8H,1-2,4-5H2. The monoisotopic (exact) mass is 611 g/mol. The predicted molar refractivity (Wildman–Crippen MR) is 147 cm³/mol. The fourth-order valence-electron chi connectivity index (χ4n) is 4.23. The summed E-state index contributed by atoms with van der Waals surface area (Å²) < 4.78 is 28.6. The van der Waals surface area contributed by atoms with Gasteiger partial charge in [0.1, 0.15) is 27.4 Å². The third-order valence-corrected chi connectivity index (χ3v) is 9.99. The zero-order valence-corrected chi connectivity index (χ0v) is 22.6. The Bertz CT molecular complexity index is 1080. The maximum atomic E-state index is 13.7. The van der Waals surface area contributed by atoms with Gasteiger partial charge in [0.2, 0.25) is 0 Å². The molecule has 0 atom stereocenters. The summed E-state index contributed by atoms with van der Waals surface area (Å²) in [6, 6.07) is 10.3. The van der Waals surface area contributed by atoms with Gasteiger partial charge in [0.15, 0.2) is 0 Å². The number of nitrogens with two attached hydrogens (primary N) is 1. The Morgan fingerprint density at radius 3 is 1.85 bits per heavy atom. The Morgan fingerprint density at radius 1 is 0.794 bits per heavy atom. The van der Waals surface area contributed by atoms with Crippen molar-refractivity contribution in [2.24, 2.45) is 0 Å². The first-order valence-corrected chi connectivity index (χ1v) is 14.5. The first-order valence-electron chi connectivity index (χ1n) is 11.6. The SMILES string of the molecule is Ic1cccnc1SC1CCCC1.Nc1c(F)cc(-c2cccnc2SC2CCCC2)cc1F. The molecule has 0 unspecified atom stereocenters. The van der Waals surface area contributed by atoms with Crippen LogP contribution in [0, 0.1) is 15.2 Å². The van der Waals surface area contributed by atoms with Crippen LogP contribution in [0.2, 0.25) is 0 Å². The van der Waals surface area contributed by atoms with E-state index in [9.17, 15) is 8.78 Å². The summed E-state index contributed by atoms with van der Waals surface area (Å²) in [7, 11) is 0. The van der Waals surface area contributed by atoms with Gasteiger partial charge in [-0.1, -0.05) is 31.7 Å². The maximum Gasteiger partial charge on any atom is 0.149 e. The number of benzene rings is 1. The van der Waals surface area contributed by atoms with Gasteiger partial charge >= 0.3 is 0 Å². The molecule has 34 heavy (non-hydrogen) atoms. The van der Waals surface area contributed by atoms with Gasteiger partial charge in [-0.05, 0) is 84.2 Å². The van der Waals surface area contributed by atoms with Gasteiger partial charge in [-0.2, -0.15) is 0 Å². The quantitative estimate of drug-likeness (QED) is 0.232. The largest absolute Gasteiger partial charge is 0.394 e. The van der Waals surface area contributed by atoms with Crippen molar-refractivity contribution in [2.45, 2.75) is 71.9 Å². The fourth-order valence-corrected chi connectivity index (χ4v) is 7.47. The van der Waals surface area contributed by atoms with E-state index in [4.69, 9.17) is 5.73 Å². The first-order chi connectivity index (χ1) is 16.5. The molecule has 0 amide bonds. The van der Waals surface area contributed by atoms with Crippen molar-refractivity contribution in [1.82, 2.24) is 9.97 Å². The normalized spacial score (nSPS) is 16.4. The van der Waals surface area contributed by atoms with E-state index in [1.54, 1.807) is 24.0 Å². The molecule has 5 rings (SSSR count). The van der Waals surface area contributed by atoms with Crippen molar-refractivity contribution < 1.29 is 8.78 Å². The zero-order chi connectivity index (χ0) is 23.9. The molecular weight excluding hydrogens is 583 g/mol. The number of halogens is 3. The Hall–Kier alpha value is -1.39. The van der Waals surface area contributed by atoms with Crippen LogP contribution in [0.15, 0.2) is 58.8 Å². The second-order valence-electron chi connectivity index (χ2n) is 8.55. The van der Waals surface area contributed by atoms with Crippen molar-refractivity contribution in [3.05, 3.63) is 64.0 Å². The third kappa shape index (κ3) is 6.85. The van der Waals surface area contributed by atoms with E-state index in [2.05, 4.69) is 38.6 Å². The minimum atomic E-state index is -0.731. The highest BCUT2D eigenvalue weighted by molar-refractivity contribution is 14.1. The van der Waals surface area contributed by atoms with Crippen LogP contribution in [0.1, 0.15) is 51.4 Å². The Kier molecular flexibility index (Phi) is 9.47. The van der Waals surface area contributed by atoms with E-state index in [1.807, 2.05) is 30.1 Å². The molecule has 2 heterocycles. The van der Waals surface area contributed by atoms with Crippen molar-refractivity contribution >= 4 is 51.8 Å². The molecule has 8 heteroatoms. The highest BCUT2D eigenvalue weighted by atomic mass is 127. The Labute approximate surface area is 222 Å². The van der Waals surface area contributed by atoms with E-state index in [0.717, 1.165) is 15.8 Å². The summed E-state index contributed by atoms with van der Waals surface area (Å²) in [6.07, 6.45) is 14.0. The highest BCUT2D eigenvalue weighted by Gasteiger charge is 2.20. The molecule has 0 saturated heterocycles. The molecule has 2 aliphatic rings. The fraction of sp³-hybridized carbons (Fsp3) is 0.385.